The fourth-order valence-electron chi connectivity index (χ4n) is 1.68. The van der Waals surface area contributed by atoms with E-state index in [9.17, 15) is 4.79 Å². The van der Waals surface area contributed by atoms with Crippen LogP contribution in [0, 0.1) is 0 Å². The summed E-state index contributed by atoms with van der Waals surface area (Å²) < 4.78 is 1.54. The van der Waals surface area contributed by atoms with E-state index in [4.69, 9.17) is 0 Å². The normalized spacial score (nSPS) is 11.6. The number of hydrogen-bond acceptors (Lipinski definition) is 4. The molecular weight excluding hydrogens is 232 g/mol. The van der Waals surface area contributed by atoms with Gasteiger partial charge < -0.3 is 4.98 Å². The number of aryl methyl sites for hydroxylation is 1. The molecule has 7 nitrogen and oxygen atoms in total. The van der Waals surface area contributed by atoms with Gasteiger partial charge in [-0.3, -0.25) is 9.67 Å². The fourth-order valence-corrected chi connectivity index (χ4v) is 1.68. The van der Waals surface area contributed by atoms with E-state index >= 15 is 0 Å². The quantitative estimate of drug-likeness (QED) is 0.649. The van der Waals surface area contributed by atoms with Crippen molar-refractivity contribution in [2.75, 3.05) is 0 Å². The number of H-pyrrole nitrogens is 2. The lowest BCUT2D eigenvalue weighted by atomic mass is 10.4. The number of hydrogen-bond donors (Lipinski definition) is 2. The maximum atomic E-state index is 11.4. The lowest BCUT2D eigenvalue weighted by molar-refractivity contribution is 0.783. The molecule has 0 unspecified atom stereocenters. The first-order chi connectivity index (χ1) is 8.74. The Morgan fingerprint density at radius 1 is 1.50 bits per heavy atom. The molecule has 0 aliphatic heterocycles. The van der Waals surface area contributed by atoms with Gasteiger partial charge in [-0.05, 0) is 12.1 Å². The van der Waals surface area contributed by atoms with E-state index < -0.39 is 5.69 Å². The molecule has 0 bridgehead atoms. The second-order valence-electron chi connectivity index (χ2n) is 3.78. The SMILES string of the molecule is Cn1ncc2c(/N=C/c3ccc[nH]3)[nH]c(=O)nc21. The highest BCUT2D eigenvalue weighted by atomic mass is 16.1. The first kappa shape index (κ1) is 10.5. The minimum Gasteiger partial charge on any atom is -0.360 e. The summed E-state index contributed by atoms with van der Waals surface area (Å²) in [5.74, 6) is 0.452. The van der Waals surface area contributed by atoms with Gasteiger partial charge in [-0.2, -0.15) is 10.1 Å². The van der Waals surface area contributed by atoms with Crippen LogP contribution in [0.15, 0.2) is 34.3 Å². The standard InChI is InChI=1S/C11H10N6O/c1-17-10-8(6-14-17)9(15-11(18)16-10)13-5-7-3-2-4-12-7/h2-6,12H,1H3,(H,15,16,18)/b13-5+. The van der Waals surface area contributed by atoms with E-state index in [2.05, 4.69) is 25.0 Å². The zero-order valence-corrected chi connectivity index (χ0v) is 9.58. The van der Waals surface area contributed by atoms with Crippen LogP contribution < -0.4 is 5.69 Å². The summed E-state index contributed by atoms with van der Waals surface area (Å²) in [6.45, 7) is 0. The number of aliphatic imine (C=N–C) groups is 1. The molecule has 3 heterocycles. The molecule has 7 heteroatoms. The van der Waals surface area contributed by atoms with E-state index in [1.807, 2.05) is 12.1 Å². The Morgan fingerprint density at radius 2 is 2.39 bits per heavy atom. The molecule has 90 valence electrons. The van der Waals surface area contributed by atoms with Crippen molar-refractivity contribution < 1.29 is 0 Å². The Labute approximate surface area is 101 Å². The van der Waals surface area contributed by atoms with Crippen LogP contribution in [0.2, 0.25) is 0 Å². The second kappa shape index (κ2) is 3.95. The van der Waals surface area contributed by atoms with Crippen LogP contribution in [0.3, 0.4) is 0 Å². The molecule has 0 radical (unpaired) electrons. The zero-order valence-electron chi connectivity index (χ0n) is 9.58. The van der Waals surface area contributed by atoms with E-state index in [0.717, 1.165) is 5.69 Å². The predicted molar refractivity (Wildman–Crippen MR) is 67.2 cm³/mol. The number of nitrogens with zero attached hydrogens (tertiary/aromatic N) is 4. The average Bonchev–Trinajstić information content (AvgIpc) is 2.97. The number of aromatic amines is 2. The first-order valence-electron chi connectivity index (χ1n) is 5.33. The topological polar surface area (TPSA) is 91.7 Å². The molecule has 0 saturated carbocycles. The summed E-state index contributed by atoms with van der Waals surface area (Å²) in [4.78, 5) is 25.1. The fraction of sp³-hybridized carbons (Fsp3) is 0.0909. The third-order valence-corrected chi connectivity index (χ3v) is 2.55. The Morgan fingerprint density at radius 3 is 3.17 bits per heavy atom. The summed E-state index contributed by atoms with van der Waals surface area (Å²) in [6, 6.07) is 3.75. The molecule has 2 N–H and O–H groups in total. The van der Waals surface area contributed by atoms with E-state index in [-0.39, 0.29) is 0 Å². The molecule has 3 aromatic rings. The van der Waals surface area contributed by atoms with Gasteiger partial charge in [0.05, 0.1) is 23.5 Å². The van der Waals surface area contributed by atoms with Crippen LogP contribution in [-0.2, 0) is 7.05 Å². The maximum absolute atomic E-state index is 11.4. The van der Waals surface area contributed by atoms with Crippen molar-refractivity contribution in [1.29, 1.82) is 0 Å². The Kier molecular flexibility index (Phi) is 2.30. The number of fused-ring (bicyclic) bond motifs is 1. The molecule has 0 saturated heterocycles. The second-order valence-corrected chi connectivity index (χ2v) is 3.78. The minimum absolute atomic E-state index is 0.440. The number of nitrogens with one attached hydrogen (secondary N) is 2. The summed E-state index contributed by atoms with van der Waals surface area (Å²) in [5, 5.41) is 4.76. The summed E-state index contributed by atoms with van der Waals surface area (Å²) in [7, 11) is 1.73. The van der Waals surface area contributed by atoms with Gasteiger partial charge in [0.2, 0.25) is 0 Å². The van der Waals surface area contributed by atoms with Gasteiger partial charge in [-0.25, -0.2) is 9.79 Å². The Bertz CT molecular complexity index is 765. The van der Waals surface area contributed by atoms with Crippen molar-refractivity contribution in [2.24, 2.45) is 12.0 Å². The summed E-state index contributed by atoms with van der Waals surface area (Å²) in [6.07, 6.45) is 5.06. The number of aromatic nitrogens is 5. The van der Waals surface area contributed by atoms with Gasteiger partial charge >= 0.3 is 5.69 Å². The zero-order chi connectivity index (χ0) is 12.5. The molecule has 0 aromatic carbocycles. The summed E-state index contributed by atoms with van der Waals surface area (Å²) in [5.41, 5.74) is 0.923. The molecule has 0 aliphatic carbocycles. The lowest BCUT2D eigenvalue weighted by Crippen LogP contribution is -2.10. The molecule has 3 rings (SSSR count). The molecule has 3 aromatic heterocycles. The molecule has 0 fully saturated rings. The number of rotatable bonds is 2. The maximum Gasteiger partial charge on any atom is 0.348 e. The molecule has 0 amide bonds. The smallest absolute Gasteiger partial charge is 0.348 e. The molecular formula is C11H10N6O. The van der Waals surface area contributed by atoms with Crippen molar-refractivity contribution >= 4 is 23.1 Å². The molecule has 18 heavy (non-hydrogen) atoms. The van der Waals surface area contributed by atoms with Crippen LogP contribution in [-0.4, -0.2) is 30.9 Å². The highest BCUT2D eigenvalue weighted by molar-refractivity contribution is 5.88. The third-order valence-electron chi connectivity index (χ3n) is 2.55. The van der Waals surface area contributed by atoms with Crippen LogP contribution >= 0.6 is 0 Å². The van der Waals surface area contributed by atoms with E-state index in [1.54, 1.807) is 25.7 Å². The third kappa shape index (κ3) is 1.71. The van der Waals surface area contributed by atoms with Crippen LogP contribution in [0.25, 0.3) is 11.0 Å². The van der Waals surface area contributed by atoms with Crippen molar-refractivity contribution in [2.45, 2.75) is 0 Å². The van der Waals surface area contributed by atoms with Gasteiger partial charge in [0.25, 0.3) is 0 Å². The van der Waals surface area contributed by atoms with Gasteiger partial charge in [-0.1, -0.05) is 0 Å². The first-order valence-corrected chi connectivity index (χ1v) is 5.33. The van der Waals surface area contributed by atoms with Crippen molar-refractivity contribution in [3.05, 3.63) is 40.7 Å². The highest BCUT2D eigenvalue weighted by Gasteiger charge is 2.07. The monoisotopic (exact) mass is 242 g/mol. The van der Waals surface area contributed by atoms with Crippen molar-refractivity contribution in [3.8, 4) is 0 Å². The summed E-state index contributed by atoms with van der Waals surface area (Å²) >= 11 is 0. The lowest BCUT2D eigenvalue weighted by Gasteiger charge is -1.96. The van der Waals surface area contributed by atoms with Crippen LogP contribution in [0.1, 0.15) is 5.69 Å². The Balaban J connectivity index is 2.14. The van der Waals surface area contributed by atoms with Gasteiger partial charge in [-0.15, -0.1) is 0 Å². The predicted octanol–water partition coefficient (Wildman–Crippen LogP) is 0.735. The van der Waals surface area contributed by atoms with Gasteiger partial charge in [0.15, 0.2) is 5.65 Å². The van der Waals surface area contributed by atoms with Gasteiger partial charge in [0.1, 0.15) is 5.82 Å². The van der Waals surface area contributed by atoms with E-state index in [1.165, 1.54) is 4.68 Å². The molecule has 0 aliphatic rings. The van der Waals surface area contributed by atoms with Gasteiger partial charge in [0, 0.05) is 13.2 Å². The molecule has 0 spiro atoms. The van der Waals surface area contributed by atoms with Crippen molar-refractivity contribution in [1.82, 2.24) is 24.7 Å². The van der Waals surface area contributed by atoms with E-state index in [0.29, 0.717) is 16.9 Å². The highest BCUT2D eigenvalue weighted by Crippen LogP contribution is 2.18. The average molecular weight is 242 g/mol. The minimum atomic E-state index is -0.440. The largest absolute Gasteiger partial charge is 0.360 e. The van der Waals surface area contributed by atoms with Crippen LogP contribution in [0.4, 0.5) is 5.82 Å². The molecule has 0 atom stereocenters. The van der Waals surface area contributed by atoms with Crippen molar-refractivity contribution in [3.63, 3.8) is 0 Å². The Hall–Kier alpha value is -2.70. The van der Waals surface area contributed by atoms with Crippen LogP contribution in [0.5, 0.6) is 0 Å².